The van der Waals surface area contributed by atoms with Gasteiger partial charge in [-0.05, 0) is 31.0 Å². The number of aromatic nitrogens is 1. The lowest BCUT2D eigenvalue weighted by Crippen LogP contribution is -2.51. The van der Waals surface area contributed by atoms with Gasteiger partial charge in [0.1, 0.15) is 11.8 Å². The molecule has 2 N–H and O–H groups in total. The summed E-state index contributed by atoms with van der Waals surface area (Å²) in [7, 11) is 1.60. The summed E-state index contributed by atoms with van der Waals surface area (Å²) < 4.78 is 5.31. The average molecular weight is 400 g/mol. The van der Waals surface area contributed by atoms with E-state index in [1.807, 2.05) is 28.0 Å². The quantitative estimate of drug-likeness (QED) is 0.765. The number of carbonyl (C=O) groups excluding carboxylic acids is 1. The summed E-state index contributed by atoms with van der Waals surface area (Å²) in [6, 6.07) is 4.90. The van der Waals surface area contributed by atoms with Crippen molar-refractivity contribution in [2.45, 2.75) is 18.9 Å². The molecule has 0 aliphatic carbocycles. The second-order valence-corrected chi connectivity index (χ2v) is 7.80. The fourth-order valence-corrected chi connectivity index (χ4v) is 4.40. The third-order valence-corrected chi connectivity index (χ3v) is 6.04. The van der Waals surface area contributed by atoms with Crippen molar-refractivity contribution in [2.75, 3.05) is 52.9 Å². The van der Waals surface area contributed by atoms with Gasteiger partial charge in [0.2, 0.25) is 5.91 Å². The van der Waals surface area contributed by atoms with Crippen molar-refractivity contribution in [3.8, 4) is 5.75 Å². The minimum Gasteiger partial charge on any atom is -0.497 e. The number of carboxylic acids is 1. The van der Waals surface area contributed by atoms with E-state index in [2.05, 4.69) is 9.88 Å². The maximum atomic E-state index is 12.4. The third-order valence-electron chi connectivity index (χ3n) is 6.04. The maximum absolute atomic E-state index is 12.4. The zero-order valence-electron chi connectivity index (χ0n) is 16.8. The number of fused-ring (bicyclic) bond motifs is 1. The summed E-state index contributed by atoms with van der Waals surface area (Å²) in [6.45, 7) is 4.76. The van der Waals surface area contributed by atoms with Crippen LogP contribution in [0.2, 0.25) is 0 Å². The van der Waals surface area contributed by atoms with Crippen molar-refractivity contribution in [3.63, 3.8) is 0 Å². The first-order chi connectivity index (χ1) is 14.1. The lowest BCUT2D eigenvalue weighted by Gasteiger charge is -2.37. The zero-order valence-corrected chi connectivity index (χ0v) is 16.8. The Morgan fingerprint density at radius 1 is 1.14 bits per heavy atom. The normalized spacial score (nSPS) is 19.6. The molecular formula is C21H28N4O4. The van der Waals surface area contributed by atoms with Crippen molar-refractivity contribution in [2.24, 2.45) is 0 Å². The topological polar surface area (TPSA) is 89.1 Å². The number of methoxy groups -OCH3 is 1. The van der Waals surface area contributed by atoms with Crippen molar-refractivity contribution in [1.29, 1.82) is 0 Å². The first-order valence-corrected chi connectivity index (χ1v) is 10.2. The van der Waals surface area contributed by atoms with Crippen LogP contribution >= 0.6 is 0 Å². The molecule has 2 aromatic rings. The number of ether oxygens (including phenoxy) is 1. The number of benzene rings is 1. The van der Waals surface area contributed by atoms with E-state index in [0.717, 1.165) is 42.4 Å². The highest BCUT2D eigenvalue weighted by Crippen LogP contribution is 2.31. The number of carboxylic acid groups (broad SMARTS) is 1. The van der Waals surface area contributed by atoms with Crippen LogP contribution in [0.3, 0.4) is 0 Å². The number of amides is 1. The summed E-state index contributed by atoms with van der Waals surface area (Å²) in [6.07, 6.45) is 3.97. The summed E-state index contributed by atoms with van der Waals surface area (Å²) in [5.41, 5.74) is 1.63. The smallest absolute Gasteiger partial charge is 0.325 e. The van der Waals surface area contributed by atoms with Gasteiger partial charge in [-0.1, -0.05) is 0 Å². The van der Waals surface area contributed by atoms with Crippen LogP contribution < -0.4 is 4.74 Å². The molecule has 1 aromatic carbocycles. The number of nitrogens with zero attached hydrogens (tertiary/aromatic N) is 3. The molecule has 0 unspecified atom stereocenters. The molecule has 8 heteroatoms. The Bertz CT molecular complexity index is 882. The van der Waals surface area contributed by atoms with Gasteiger partial charge in [0.05, 0.1) is 13.7 Å². The van der Waals surface area contributed by atoms with Crippen molar-refractivity contribution in [3.05, 3.63) is 30.0 Å². The van der Waals surface area contributed by atoms with Gasteiger partial charge in [0.15, 0.2) is 0 Å². The zero-order chi connectivity index (χ0) is 20.4. The number of aliphatic carboxylic acids is 1. The molecule has 2 fully saturated rings. The average Bonchev–Trinajstić information content (AvgIpc) is 3.39. The molecule has 8 nitrogen and oxygen atoms in total. The van der Waals surface area contributed by atoms with E-state index in [-0.39, 0.29) is 5.91 Å². The Morgan fingerprint density at radius 2 is 1.86 bits per heavy atom. The van der Waals surface area contributed by atoms with Crippen LogP contribution in [-0.2, 0) is 9.59 Å². The Labute approximate surface area is 170 Å². The van der Waals surface area contributed by atoms with Crippen LogP contribution in [-0.4, -0.2) is 89.6 Å². The van der Waals surface area contributed by atoms with E-state index < -0.39 is 12.0 Å². The van der Waals surface area contributed by atoms with Crippen LogP contribution in [0.25, 0.3) is 10.9 Å². The van der Waals surface area contributed by atoms with Gasteiger partial charge in [-0.3, -0.25) is 19.4 Å². The van der Waals surface area contributed by atoms with E-state index in [4.69, 9.17) is 4.74 Å². The molecule has 2 aliphatic heterocycles. The van der Waals surface area contributed by atoms with Crippen LogP contribution in [0.4, 0.5) is 0 Å². The molecule has 0 bridgehead atoms. The van der Waals surface area contributed by atoms with Gasteiger partial charge in [0.25, 0.3) is 0 Å². The fourth-order valence-electron chi connectivity index (χ4n) is 4.40. The van der Waals surface area contributed by atoms with Crippen molar-refractivity contribution in [1.82, 2.24) is 19.7 Å². The van der Waals surface area contributed by atoms with E-state index in [0.29, 0.717) is 38.5 Å². The Hall–Kier alpha value is -2.58. The van der Waals surface area contributed by atoms with Gasteiger partial charge in [-0.15, -0.1) is 0 Å². The van der Waals surface area contributed by atoms with Gasteiger partial charge in [-0.25, -0.2) is 0 Å². The van der Waals surface area contributed by atoms with Crippen LogP contribution in [0.1, 0.15) is 24.4 Å². The Morgan fingerprint density at radius 3 is 2.52 bits per heavy atom. The molecule has 0 radical (unpaired) electrons. The number of aromatic amines is 1. The molecule has 1 aromatic heterocycles. The number of piperazine rings is 1. The standard InChI is InChI=1S/C21H28N4O4/c1-29-15-4-5-18-16(12-15)17(13-22-18)20(21(27)28)25-10-8-23(9-11-25)14-19(26)24-6-2-3-7-24/h4-5,12-13,20,22H,2-3,6-11,14H2,1H3,(H,27,28)/t20-/m1/s1. The van der Waals surface area contributed by atoms with E-state index >= 15 is 0 Å². The number of rotatable bonds is 6. The van der Waals surface area contributed by atoms with Crippen LogP contribution in [0, 0.1) is 0 Å². The fraction of sp³-hybridized carbons (Fsp3) is 0.524. The predicted octanol–water partition coefficient (Wildman–Crippen LogP) is 1.54. The Kier molecular flexibility index (Phi) is 5.73. The highest BCUT2D eigenvalue weighted by molar-refractivity contribution is 5.90. The van der Waals surface area contributed by atoms with Gasteiger partial charge in [-0.2, -0.15) is 0 Å². The first kappa shape index (κ1) is 19.7. The highest BCUT2D eigenvalue weighted by Gasteiger charge is 2.33. The second-order valence-electron chi connectivity index (χ2n) is 7.80. The second kappa shape index (κ2) is 8.42. The van der Waals surface area contributed by atoms with Gasteiger partial charge >= 0.3 is 5.97 Å². The number of hydrogen-bond donors (Lipinski definition) is 2. The van der Waals surface area contributed by atoms with Crippen molar-refractivity contribution < 1.29 is 19.4 Å². The molecule has 3 heterocycles. The molecule has 2 aliphatic rings. The lowest BCUT2D eigenvalue weighted by atomic mass is 10.0. The minimum absolute atomic E-state index is 0.189. The number of H-pyrrole nitrogens is 1. The molecule has 1 atom stereocenters. The lowest BCUT2D eigenvalue weighted by molar-refractivity contribution is -0.145. The number of hydrogen-bond acceptors (Lipinski definition) is 5. The molecule has 0 spiro atoms. The molecule has 1 amide bonds. The van der Waals surface area contributed by atoms with Gasteiger partial charge in [0, 0.05) is 61.9 Å². The molecule has 29 heavy (non-hydrogen) atoms. The molecule has 156 valence electrons. The Balaban J connectivity index is 1.45. The summed E-state index contributed by atoms with van der Waals surface area (Å²) in [5.74, 6) is 0.0255. The summed E-state index contributed by atoms with van der Waals surface area (Å²) >= 11 is 0. The van der Waals surface area contributed by atoms with Crippen LogP contribution in [0.5, 0.6) is 5.75 Å². The maximum Gasteiger partial charge on any atom is 0.325 e. The predicted molar refractivity (Wildman–Crippen MR) is 109 cm³/mol. The highest BCUT2D eigenvalue weighted by atomic mass is 16.5. The number of nitrogens with one attached hydrogen (secondary N) is 1. The van der Waals surface area contributed by atoms with Crippen LogP contribution in [0.15, 0.2) is 24.4 Å². The molecule has 0 saturated carbocycles. The minimum atomic E-state index is -0.865. The molecule has 4 rings (SSSR count). The number of carbonyl (C=O) groups is 2. The summed E-state index contributed by atoms with van der Waals surface area (Å²) in [5, 5.41) is 10.8. The SMILES string of the molecule is COc1ccc2[nH]cc([C@H](C(=O)O)N3CCN(CC(=O)N4CCCC4)CC3)c2c1. The summed E-state index contributed by atoms with van der Waals surface area (Å²) in [4.78, 5) is 33.8. The molecular weight excluding hydrogens is 372 g/mol. The van der Waals surface area contributed by atoms with Gasteiger partial charge < -0.3 is 19.7 Å². The first-order valence-electron chi connectivity index (χ1n) is 10.2. The van der Waals surface area contributed by atoms with Crippen molar-refractivity contribution >= 4 is 22.8 Å². The monoisotopic (exact) mass is 400 g/mol. The van der Waals surface area contributed by atoms with E-state index in [1.165, 1.54) is 0 Å². The van der Waals surface area contributed by atoms with E-state index in [1.54, 1.807) is 13.3 Å². The number of likely N-dealkylation sites (tertiary alicyclic amines) is 1. The third kappa shape index (κ3) is 4.09. The molecule has 2 saturated heterocycles. The largest absolute Gasteiger partial charge is 0.497 e. The van der Waals surface area contributed by atoms with E-state index in [9.17, 15) is 14.7 Å².